The predicted molar refractivity (Wildman–Crippen MR) is 85.8 cm³/mol. The van der Waals surface area contributed by atoms with E-state index in [2.05, 4.69) is 41.4 Å². The molecule has 0 amide bonds. The molecule has 0 saturated heterocycles. The van der Waals surface area contributed by atoms with Crippen molar-refractivity contribution in [1.82, 2.24) is 0 Å². The van der Waals surface area contributed by atoms with Crippen LogP contribution in [0.15, 0.2) is 48.5 Å². The minimum absolute atomic E-state index is 0.248. The van der Waals surface area contributed by atoms with E-state index in [9.17, 15) is 0 Å². The lowest BCUT2D eigenvalue weighted by Gasteiger charge is -2.18. The molecule has 0 aromatic heterocycles. The van der Waals surface area contributed by atoms with E-state index >= 15 is 0 Å². The number of nitrogens with zero attached hydrogens (tertiary/aromatic N) is 1. The molecule has 1 unspecified atom stereocenters. The predicted octanol–water partition coefficient (Wildman–Crippen LogP) is 3.93. The van der Waals surface area contributed by atoms with Crippen LogP contribution in [0.25, 0.3) is 0 Å². The molecule has 0 spiro atoms. The highest BCUT2D eigenvalue weighted by molar-refractivity contribution is 5.51. The van der Waals surface area contributed by atoms with Gasteiger partial charge in [-0.25, -0.2) is 0 Å². The van der Waals surface area contributed by atoms with E-state index < -0.39 is 0 Å². The van der Waals surface area contributed by atoms with E-state index in [1.54, 1.807) is 7.11 Å². The summed E-state index contributed by atoms with van der Waals surface area (Å²) < 4.78 is 5.24. The molecule has 0 heterocycles. The van der Waals surface area contributed by atoms with Gasteiger partial charge in [-0.2, -0.15) is 0 Å². The molecule has 0 saturated carbocycles. The summed E-state index contributed by atoms with van der Waals surface area (Å²) in [6.07, 6.45) is 0. The highest BCUT2D eigenvalue weighted by Gasteiger charge is 2.06. The van der Waals surface area contributed by atoms with Crippen molar-refractivity contribution in [2.24, 2.45) is 0 Å². The monoisotopic (exact) mass is 270 g/mol. The Morgan fingerprint density at radius 2 is 1.75 bits per heavy atom. The fraction of sp³-hybridized carbons (Fsp3) is 0.294. The van der Waals surface area contributed by atoms with Gasteiger partial charge < -0.3 is 15.0 Å². The van der Waals surface area contributed by atoms with Crippen molar-refractivity contribution in [3.05, 3.63) is 54.1 Å². The van der Waals surface area contributed by atoms with Gasteiger partial charge in [0.15, 0.2) is 0 Å². The highest BCUT2D eigenvalue weighted by Crippen LogP contribution is 2.24. The summed E-state index contributed by atoms with van der Waals surface area (Å²) in [7, 11) is 5.78. The van der Waals surface area contributed by atoms with E-state index in [0.717, 1.165) is 11.4 Å². The Balaban J connectivity index is 2.08. The van der Waals surface area contributed by atoms with Crippen LogP contribution in [-0.4, -0.2) is 21.2 Å². The first-order valence-electron chi connectivity index (χ1n) is 6.78. The van der Waals surface area contributed by atoms with Gasteiger partial charge >= 0.3 is 0 Å². The van der Waals surface area contributed by atoms with Gasteiger partial charge in [0.2, 0.25) is 0 Å². The first kappa shape index (κ1) is 14.3. The van der Waals surface area contributed by atoms with Crippen LogP contribution >= 0.6 is 0 Å². The zero-order chi connectivity index (χ0) is 14.5. The molecule has 0 fully saturated rings. The van der Waals surface area contributed by atoms with Gasteiger partial charge in [-0.3, -0.25) is 0 Å². The SMILES string of the molecule is COc1cccc(NC(C)c2ccc(N(C)C)cc2)c1. The molecule has 0 bridgehead atoms. The molecule has 0 radical (unpaired) electrons. The Morgan fingerprint density at radius 3 is 2.35 bits per heavy atom. The fourth-order valence-electron chi connectivity index (χ4n) is 2.11. The third-order valence-corrected chi connectivity index (χ3v) is 3.36. The average molecular weight is 270 g/mol. The van der Waals surface area contributed by atoms with Crippen LogP contribution in [0.1, 0.15) is 18.5 Å². The zero-order valence-electron chi connectivity index (χ0n) is 12.6. The average Bonchev–Trinajstić information content (AvgIpc) is 2.47. The van der Waals surface area contributed by atoms with Crippen molar-refractivity contribution in [2.45, 2.75) is 13.0 Å². The second kappa shape index (κ2) is 6.33. The molecule has 1 atom stereocenters. The van der Waals surface area contributed by atoms with Gasteiger partial charge in [0.25, 0.3) is 0 Å². The second-order valence-corrected chi connectivity index (χ2v) is 5.08. The molecule has 106 valence electrons. The minimum atomic E-state index is 0.248. The number of nitrogens with one attached hydrogen (secondary N) is 1. The van der Waals surface area contributed by atoms with Crippen LogP contribution in [0.5, 0.6) is 5.75 Å². The maximum atomic E-state index is 5.24. The third kappa shape index (κ3) is 3.44. The number of ether oxygens (including phenoxy) is 1. The molecule has 3 heteroatoms. The maximum absolute atomic E-state index is 5.24. The van der Waals surface area contributed by atoms with Crippen LogP contribution in [0, 0.1) is 0 Å². The van der Waals surface area contributed by atoms with Gasteiger partial charge in [0.1, 0.15) is 5.75 Å². The molecular weight excluding hydrogens is 248 g/mol. The molecule has 1 N–H and O–H groups in total. The van der Waals surface area contributed by atoms with Crippen molar-refractivity contribution >= 4 is 11.4 Å². The van der Waals surface area contributed by atoms with E-state index in [-0.39, 0.29) is 6.04 Å². The molecule has 20 heavy (non-hydrogen) atoms. The number of benzene rings is 2. The summed E-state index contributed by atoms with van der Waals surface area (Å²) in [6, 6.07) is 16.8. The molecule has 2 rings (SSSR count). The molecule has 2 aromatic carbocycles. The Bertz CT molecular complexity index is 549. The Kier molecular flexibility index (Phi) is 4.51. The fourth-order valence-corrected chi connectivity index (χ4v) is 2.11. The lowest BCUT2D eigenvalue weighted by atomic mass is 10.1. The Labute approximate surface area is 121 Å². The van der Waals surface area contributed by atoms with E-state index in [4.69, 9.17) is 4.74 Å². The number of hydrogen-bond donors (Lipinski definition) is 1. The van der Waals surface area contributed by atoms with Gasteiger partial charge in [-0.15, -0.1) is 0 Å². The van der Waals surface area contributed by atoms with E-state index in [1.165, 1.54) is 11.3 Å². The Morgan fingerprint density at radius 1 is 1.05 bits per heavy atom. The van der Waals surface area contributed by atoms with Gasteiger partial charge in [0.05, 0.1) is 7.11 Å². The third-order valence-electron chi connectivity index (χ3n) is 3.36. The maximum Gasteiger partial charge on any atom is 0.120 e. The van der Waals surface area contributed by atoms with Gasteiger partial charge in [-0.1, -0.05) is 18.2 Å². The van der Waals surface area contributed by atoms with Crippen molar-refractivity contribution < 1.29 is 4.74 Å². The summed E-state index contributed by atoms with van der Waals surface area (Å²) >= 11 is 0. The topological polar surface area (TPSA) is 24.5 Å². The lowest BCUT2D eigenvalue weighted by molar-refractivity contribution is 0.415. The highest BCUT2D eigenvalue weighted by atomic mass is 16.5. The van der Waals surface area contributed by atoms with Crippen LogP contribution in [0.4, 0.5) is 11.4 Å². The second-order valence-electron chi connectivity index (χ2n) is 5.08. The van der Waals surface area contributed by atoms with Crippen molar-refractivity contribution in [3.63, 3.8) is 0 Å². The smallest absolute Gasteiger partial charge is 0.120 e. The van der Waals surface area contributed by atoms with Crippen molar-refractivity contribution in [2.75, 3.05) is 31.4 Å². The molecule has 0 aliphatic rings. The van der Waals surface area contributed by atoms with Crippen molar-refractivity contribution in [1.29, 1.82) is 0 Å². The quantitative estimate of drug-likeness (QED) is 0.890. The molecule has 0 aliphatic heterocycles. The van der Waals surface area contributed by atoms with Crippen LogP contribution in [0.3, 0.4) is 0 Å². The summed E-state index contributed by atoms with van der Waals surface area (Å²) in [5.74, 6) is 0.866. The van der Waals surface area contributed by atoms with Crippen molar-refractivity contribution in [3.8, 4) is 5.75 Å². The molecule has 0 aliphatic carbocycles. The number of rotatable bonds is 5. The lowest BCUT2D eigenvalue weighted by Crippen LogP contribution is -2.10. The normalized spacial score (nSPS) is 11.8. The summed E-state index contributed by atoms with van der Waals surface area (Å²) in [5.41, 5.74) is 3.54. The van der Waals surface area contributed by atoms with Gasteiger partial charge in [0, 0.05) is 37.6 Å². The number of hydrogen-bond acceptors (Lipinski definition) is 3. The Hall–Kier alpha value is -2.16. The first-order valence-corrected chi connectivity index (χ1v) is 6.78. The number of methoxy groups -OCH3 is 1. The van der Waals surface area contributed by atoms with E-state index in [1.807, 2.05) is 38.4 Å². The number of anilines is 2. The van der Waals surface area contributed by atoms with Crippen LogP contribution in [0.2, 0.25) is 0 Å². The molecule has 2 aromatic rings. The molecular formula is C17H22N2O. The van der Waals surface area contributed by atoms with E-state index in [0.29, 0.717) is 0 Å². The largest absolute Gasteiger partial charge is 0.497 e. The summed E-state index contributed by atoms with van der Waals surface area (Å²) in [4.78, 5) is 2.10. The van der Waals surface area contributed by atoms with Crippen LogP contribution in [-0.2, 0) is 0 Å². The zero-order valence-corrected chi connectivity index (χ0v) is 12.6. The summed E-state index contributed by atoms with van der Waals surface area (Å²) in [6.45, 7) is 2.16. The molecule has 3 nitrogen and oxygen atoms in total. The summed E-state index contributed by atoms with van der Waals surface area (Å²) in [5, 5.41) is 3.49. The standard InChI is InChI=1S/C17H22N2O/c1-13(14-8-10-16(11-9-14)19(2)3)18-15-6-5-7-17(12-15)20-4/h5-13,18H,1-4H3. The minimum Gasteiger partial charge on any atom is -0.497 e. The van der Waals surface area contributed by atoms with Gasteiger partial charge in [-0.05, 0) is 36.8 Å². The van der Waals surface area contributed by atoms with Crippen LogP contribution < -0.4 is 15.0 Å². The first-order chi connectivity index (χ1) is 9.60.